The number of aryl methyl sites for hydroxylation is 3. The molecule has 0 bridgehead atoms. The number of hydrogen-bond acceptors (Lipinski definition) is 5. The molecule has 1 unspecified atom stereocenters. The van der Waals surface area contributed by atoms with Crippen LogP contribution >= 0.6 is 0 Å². The molecule has 1 heterocycles. The third-order valence-corrected chi connectivity index (χ3v) is 5.33. The molecule has 0 fully saturated rings. The number of hydrogen-bond donors (Lipinski definition) is 1. The number of carbonyl (C=O) groups excluding carboxylic acids is 1. The van der Waals surface area contributed by atoms with Gasteiger partial charge in [-0.3, -0.25) is 14.2 Å². The van der Waals surface area contributed by atoms with Crippen LogP contribution in [0.2, 0.25) is 0 Å². The van der Waals surface area contributed by atoms with E-state index in [9.17, 15) is 14.4 Å². The summed E-state index contributed by atoms with van der Waals surface area (Å²) in [7, 11) is 2.95. The van der Waals surface area contributed by atoms with E-state index in [0.29, 0.717) is 6.54 Å². The Morgan fingerprint density at radius 3 is 2.24 bits per heavy atom. The lowest BCUT2D eigenvalue weighted by Crippen LogP contribution is -2.38. The van der Waals surface area contributed by atoms with E-state index >= 15 is 0 Å². The Hall–Kier alpha value is -2.67. The summed E-state index contributed by atoms with van der Waals surface area (Å²) in [6, 6.07) is 7.59. The van der Waals surface area contributed by atoms with Crippen molar-refractivity contribution in [2.45, 2.75) is 73.3 Å². The van der Waals surface area contributed by atoms with E-state index < -0.39 is 0 Å². The van der Waals surface area contributed by atoms with Gasteiger partial charge in [0.15, 0.2) is 0 Å². The first-order chi connectivity index (χ1) is 15.6. The fraction of sp³-hybridized carbons (Fsp3) is 0.577. The number of nitrogens with zero attached hydrogens (tertiary/aromatic N) is 2. The summed E-state index contributed by atoms with van der Waals surface area (Å²) in [5, 5.41) is 0. The number of methoxy groups -OCH3 is 1. The molecule has 0 aliphatic heterocycles. The fourth-order valence-corrected chi connectivity index (χ4v) is 3.03. The molecule has 0 saturated heterocycles. The highest BCUT2D eigenvalue weighted by Crippen LogP contribution is 2.11. The summed E-state index contributed by atoms with van der Waals surface area (Å²) in [6.07, 6.45) is 7.97. The van der Waals surface area contributed by atoms with Crippen LogP contribution in [-0.4, -0.2) is 28.8 Å². The second kappa shape index (κ2) is 16.9. The Kier molecular flexibility index (Phi) is 15.5. The SMILES string of the molecule is CCCCC(C)CC.CCc1cc(C)cc(Cn2c(=O)ccn(C)c2=O)c1.COC(=O)CN. The molecule has 0 aliphatic rings. The molecular formula is C26H43N3O4. The Morgan fingerprint density at radius 1 is 1.12 bits per heavy atom. The van der Waals surface area contributed by atoms with Crippen molar-refractivity contribution >= 4 is 5.97 Å². The van der Waals surface area contributed by atoms with Gasteiger partial charge >= 0.3 is 11.7 Å². The first kappa shape index (κ1) is 30.3. The summed E-state index contributed by atoms with van der Waals surface area (Å²) < 4.78 is 6.81. The Balaban J connectivity index is 0.000000606. The first-order valence-corrected chi connectivity index (χ1v) is 11.8. The van der Waals surface area contributed by atoms with Crippen LogP contribution in [-0.2, 0) is 29.5 Å². The van der Waals surface area contributed by atoms with Crippen LogP contribution in [0, 0.1) is 12.8 Å². The molecule has 0 saturated carbocycles. The molecule has 0 radical (unpaired) electrons. The number of rotatable bonds is 8. The van der Waals surface area contributed by atoms with Crippen LogP contribution in [0.5, 0.6) is 0 Å². The van der Waals surface area contributed by atoms with Crippen LogP contribution in [0.15, 0.2) is 40.1 Å². The molecule has 0 amide bonds. The molecule has 1 aromatic heterocycles. The topological polar surface area (TPSA) is 96.3 Å². The van der Waals surface area contributed by atoms with Crippen LogP contribution < -0.4 is 17.0 Å². The quantitative estimate of drug-likeness (QED) is 0.603. The van der Waals surface area contributed by atoms with Crippen molar-refractivity contribution in [3.63, 3.8) is 0 Å². The van der Waals surface area contributed by atoms with E-state index in [1.54, 1.807) is 7.05 Å². The third kappa shape index (κ3) is 12.2. The van der Waals surface area contributed by atoms with Gasteiger partial charge in [-0.1, -0.05) is 77.1 Å². The average Bonchev–Trinajstić information content (AvgIpc) is 2.82. The van der Waals surface area contributed by atoms with E-state index in [1.807, 2.05) is 19.1 Å². The van der Waals surface area contributed by atoms with Gasteiger partial charge in [0.2, 0.25) is 0 Å². The number of esters is 1. The molecular weight excluding hydrogens is 418 g/mol. The van der Waals surface area contributed by atoms with Crippen molar-refractivity contribution < 1.29 is 9.53 Å². The van der Waals surface area contributed by atoms with Crippen LogP contribution in [0.3, 0.4) is 0 Å². The van der Waals surface area contributed by atoms with Gasteiger partial charge in [-0.05, 0) is 30.4 Å². The summed E-state index contributed by atoms with van der Waals surface area (Å²) in [6.45, 7) is 11.2. The maximum Gasteiger partial charge on any atom is 0.331 e. The first-order valence-electron chi connectivity index (χ1n) is 11.8. The molecule has 7 nitrogen and oxygen atoms in total. The molecule has 2 rings (SSSR count). The van der Waals surface area contributed by atoms with Gasteiger partial charge in [0.05, 0.1) is 20.2 Å². The Labute approximate surface area is 198 Å². The normalized spacial score (nSPS) is 10.9. The Morgan fingerprint density at radius 2 is 1.76 bits per heavy atom. The Bertz CT molecular complexity index is 941. The van der Waals surface area contributed by atoms with Crippen molar-refractivity contribution in [1.82, 2.24) is 9.13 Å². The second-order valence-corrected chi connectivity index (χ2v) is 8.25. The van der Waals surface area contributed by atoms with Gasteiger partial charge in [-0.2, -0.15) is 0 Å². The number of carbonyl (C=O) groups is 1. The van der Waals surface area contributed by atoms with Crippen molar-refractivity contribution in [3.8, 4) is 0 Å². The minimum Gasteiger partial charge on any atom is -0.468 e. The minimum absolute atomic E-state index is 0.0312. The van der Waals surface area contributed by atoms with Crippen molar-refractivity contribution in [1.29, 1.82) is 0 Å². The molecule has 7 heteroatoms. The molecule has 1 aromatic carbocycles. The molecule has 0 spiro atoms. The number of unbranched alkanes of at least 4 members (excludes halogenated alkanes) is 1. The standard InChI is InChI=1S/C15H18N2O2.C8H18.C3H7NO2/c1-4-12-7-11(2)8-13(9-12)10-17-14(18)5-6-16(3)15(17)19;1-4-6-7-8(3)5-2;1-6-3(5)2-4/h5-9H,4,10H2,1-3H3;8H,4-7H2,1-3H3;2,4H2,1H3. The number of aromatic nitrogens is 2. The monoisotopic (exact) mass is 461 g/mol. The summed E-state index contributed by atoms with van der Waals surface area (Å²) >= 11 is 0. The van der Waals surface area contributed by atoms with Crippen molar-refractivity contribution in [3.05, 3.63) is 68.0 Å². The molecule has 33 heavy (non-hydrogen) atoms. The third-order valence-electron chi connectivity index (χ3n) is 5.33. The highest BCUT2D eigenvalue weighted by atomic mass is 16.5. The lowest BCUT2D eigenvalue weighted by molar-refractivity contribution is -0.138. The van der Waals surface area contributed by atoms with Crippen LogP contribution in [0.4, 0.5) is 0 Å². The summed E-state index contributed by atoms with van der Waals surface area (Å²) in [5.74, 6) is 0.574. The van der Waals surface area contributed by atoms with E-state index in [4.69, 9.17) is 5.73 Å². The lowest BCUT2D eigenvalue weighted by atomic mass is 10.0. The van der Waals surface area contributed by atoms with Gasteiger partial charge in [0, 0.05) is 19.3 Å². The van der Waals surface area contributed by atoms with Gasteiger partial charge < -0.3 is 15.0 Å². The molecule has 2 aromatic rings. The molecule has 186 valence electrons. The fourth-order valence-electron chi connectivity index (χ4n) is 3.03. The highest BCUT2D eigenvalue weighted by molar-refractivity contribution is 5.70. The van der Waals surface area contributed by atoms with Crippen molar-refractivity contribution in [2.75, 3.05) is 13.7 Å². The van der Waals surface area contributed by atoms with Gasteiger partial charge in [0.25, 0.3) is 5.56 Å². The van der Waals surface area contributed by atoms with Gasteiger partial charge in [-0.15, -0.1) is 0 Å². The predicted octanol–water partition coefficient (Wildman–Crippen LogP) is 3.81. The van der Waals surface area contributed by atoms with Crippen molar-refractivity contribution in [2.24, 2.45) is 18.7 Å². The summed E-state index contributed by atoms with van der Waals surface area (Å²) in [5.41, 5.74) is 7.62. The zero-order valence-electron chi connectivity index (χ0n) is 21.5. The zero-order valence-corrected chi connectivity index (χ0v) is 21.5. The molecule has 1 atom stereocenters. The minimum atomic E-state index is -0.380. The molecule has 0 aliphatic carbocycles. The van der Waals surface area contributed by atoms with Crippen LogP contribution in [0.25, 0.3) is 0 Å². The molecule has 2 N–H and O–H groups in total. The second-order valence-electron chi connectivity index (χ2n) is 8.25. The van der Waals surface area contributed by atoms with Gasteiger partial charge in [0.1, 0.15) is 0 Å². The maximum absolute atomic E-state index is 12.0. The van der Waals surface area contributed by atoms with E-state index in [-0.39, 0.29) is 23.8 Å². The summed E-state index contributed by atoms with van der Waals surface area (Å²) in [4.78, 5) is 33.6. The van der Waals surface area contributed by atoms with E-state index in [0.717, 1.165) is 23.5 Å². The van der Waals surface area contributed by atoms with Gasteiger partial charge in [-0.25, -0.2) is 4.79 Å². The highest BCUT2D eigenvalue weighted by Gasteiger charge is 2.05. The average molecular weight is 462 g/mol. The lowest BCUT2D eigenvalue weighted by Gasteiger charge is -2.09. The largest absolute Gasteiger partial charge is 0.468 e. The zero-order chi connectivity index (χ0) is 25.4. The number of benzene rings is 1. The number of ether oxygens (including phenoxy) is 1. The van der Waals surface area contributed by atoms with E-state index in [1.165, 1.54) is 59.8 Å². The van der Waals surface area contributed by atoms with Crippen LogP contribution in [0.1, 0.15) is 70.1 Å². The van der Waals surface area contributed by atoms with E-state index in [2.05, 4.69) is 38.5 Å². The maximum atomic E-state index is 12.0. The number of nitrogens with two attached hydrogens (primary N) is 1. The smallest absolute Gasteiger partial charge is 0.331 e. The predicted molar refractivity (Wildman–Crippen MR) is 136 cm³/mol.